The first-order valence-electron chi connectivity index (χ1n) is 7.16. The van der Waals surface area contributed by atoms with Crippen LogP contribution in [0.3, 0.4) is 0 Å². The Morgan fingerprint density at radius 3 is 2.82 bits per heavy atom. The second-order valence-electron chi connectivity index (χ2n) is 5.42. The van der Waals surface area contributed by atoms with Gasteiger partial charge in [-0.25, -0.2) is 4.98 Å². The number of aromatic amines is 2. The van der Waals surface area contributed by atoms with E-state index in [1.165, 1.54) is 0 Å². The number of nitrogens with one attached hydrogen (secondary N) is 2. The lowest BCUT2D eigenvalue weighted by atomic mass is 10.1. The van der Waals surface area contributed by atoms with Crippen LogP contribution in [-0.2, 0) is 4.74 Å². The van der Waals surface area contributed by atoms with E-state index in [1.807, 2.05) is 6.92 Å². The second kappa shape index (κ2) is 5.76. The number of aromatic nitrogens is 3. The van der Waals surface area contributed by atoms with Gasteiger partial charge in [0, 0.05) is 24.1 Å². The Morgan fingerprint density at radius 2 is 2.14 bits per heavy atom. The molecule has 0 aliphatic carbocycles. The van der Waals surface area contributed by atoms with Crippen molar-refractivity contribution in [2.24, 2.45) is 0 Å². The molecule has 22 heavy (non-hydrogen) atoms. The largest absolute Gasteiger partial charge is 0.377 e. The van der Waals surface area contributed by atoms with Crippen LogP contribution in [0.4, 0.5) is 0 Å². The molecule has 3 rings (SSSR count). The van der Waals surface area contributed by atoms with Crippen LogP contribution in [-0.4, -0.2) is 45.5 Å². The highest BCUT2D eigenvalue weighted by Crippen LogP contribution is 2.23. The van der Waals surface area contributed by atoms with Gasteiger partial charge in [-0.1, -0.05) is 0 Å². The van der Waals surface area contributed by atoms with Crippen molar-refractivity contribution in [3.05, 3.63) is 51.5 Å². The molecule has 0 saturated carbocycles. The molecular formula is C15H18N4O3. The highest BCUT2D eigenvalue weighted by atomic mass is 16.5. The van der Waals surface area contributed by atoms with E-state index >= 15 is 0 Å². The van der Waals surface area contributed by atoms with Crippen molar-refractivity contribution >= 4 is 5.91 Å². The number of pyridine rings is 1. The summed E-state index contributed by atoms with van der Waals surface area (Å²) in [5.74, 6) is 0.373. The molecule has 7 nitrogen and oxygen atoms in total. The summed E-state index contributed by atoms with van der Waals surface area (Å²) in [6.45, 7) is 4.92. The summed E-state index contributed by atoms with van der Waals surface area (Å²) in [5, 5.41) is 0. The molecule has 0 bridgehead atoms. The third-order valence-electron chi connectivity index (χ3n) is 3.71. The number of amides is 1. The van der Waals surface area contributed by atoms with E-state index in [0.717, 1.165) is 11.4 Å². The number of imidazole rings is 1. The fourth-order valence-electron chi connectivity index (χ4n) is 2.57. The van der Waals surface area contributed by atoms with Gasteiger partial charge < -0.3 is 19.6 Å². The molecule has 1 aliphatic heterocycles. The number of H-pyrrole nitrogens is 2. The SMILES string of the molecule is Cc1cnc([C@H]2COCCN2C(=O)c2ccc(C)[nH]c2=O)[nH]1. The second-order valence-corrected chi connectivity index (χ2v) is 5.42. The van der Waals surface area contributed by atoms with Gasteiger partial charge in [-0.3, -0.25) is 9.59 Å². The third kappa shape index (κ3) is 2.67. The summed E-state index contributed by atoms with van der Waals surface area (Å²) in [5.41, 5.74) is 1.41. The first kappa shape index (κ1) is 14.5. The number of rotatable bonds is 2. The summed E-state index contributed by atoms with van der Waals surface area (Å²) in [6, 6.07) is 2.98. The number of carbonyl (C=O) groups is 1. The van der Waals surface area contributed by atoms with Gasteiger partial charge in [-0.2, -0.15) is 0 Å². The van der Waals surface area contributed by atoms with Crippen molar-refractivity contribution in [3.63, 3.8) is 0 Å². The van der Waals surface area contributed by atoms with E-state index in [-0.39, 0.29) is 23.1 Å². The number of hydrogen-bond acceptors (Lipinski definition) is 4. The number of carbonyl (C=O) groups excluding carboxylic acids is 1. The smallest absolute Gasteiger partial charge is 0.260 e. The standard InChI is InChI=1S/C15H18N4O3/c1-9-3-4-11(14(20)18-9)15(21)19-5-6-22-8-12(19)13-16-7-10(2)17-13/h3-4,7,12H,5-6,8H2,1-2H3,(H,16,17)(H,18,20)/t12-/m1/s1. The van der Waals surface area contributed by atoms with Crippen LogP contribution in [0, 0.1) is 13.8 Å². The fourth-order valence-corrected chi connectivity index (χ4v) is 2.57. The molecule has 2 aromatic rings. The summed E-state index contributed by atoms with van der Waals surface area (Å²) in [7, 11) is 0. The van der Waals surface area contributed by atoms with E-state index in [2.05, 4.69) is 15.0 Å². The summed E-state index contributed by atoms with van der Waals surface area (Å²) in [6.07, 6.45) is 1.71. The maximum absolute atomic E-state index is 12.7. The van der Waals surface area contributed by atoms with Crippen molar-refractivity contribution in [3.8, 4) is 0 Å². The molecule has 0 radical (unpaired) electrons. The molecule has 3 heterocycles. The average molecular weight is 302 g/mol. The van der Waals surface area contributed by atoms with Crippen LogP contribution in [0.25, 0.3) is 0 Å². The zero-order chi connectivity index (χ0) is 15.7. The summed E-state index contributed by atoms with van der Waals surface area (Å²) < 4.78 is 5.47. The zero-order valence-electron chi connectivity index (χ0n) is 12.5. The molecule has 0 unspecified atom stereocenters. The molecule has 1 atom stereocenters. The van der Waals surface area contributed by atoms with Gasteiger partial charge in [0.2, 0.25) is 0 Å². The van der Waals surface area contributed by atoms with Gasteiger partial charge in [-0.15, -0.1) is 0 Å². The molecule has 2 aromatic heterocycles. The Kier molecular flexibility index (Phi) is 3.81. The molecule has 1 fully saturated rings. The highest BCUT2D eigenvalue weighted by Gasteiger charge is 2.32. The minimum absolute atomic E-state index is 0.140. The lowest BCUT2D eigenvalue weighted by molar-refractivity contribution is -0.00510. The monoisotopic (exact) mass is 302 g/mol. The van der Waals surface area contributed by atoms with E-state index in [1.54, 1.807) is 30.2 Å². The molecule has 1 saturated heterocycles. The van der Waals surface area contributed by atoms with Crippen LogP contribution in [0.2, 0.25) is 0 Å². The van der Waals surface area contributed by atoms with Crippen molar-refractivity contribution in [2.75, 3.05) is 19.8 Å². The van der Waals surface area contributed by atoms with Crippen LogP contribution in [0.1, 0.15) is 33.6 Å². The quantitative estimate of drug-likeness (QED) is 0.863. The first-order chi connectivity index (χ1) is 10.6. The van der Waals surface area contributed by atoms with Gasteiger partial charge >= 0.3 is 0 Å². The lowest BCUT2D eigenvalue weighted by Crippen LogP contribution is -2.45. The molecule has 116 valence electrons. The predicted molar refractivity (Wildman–Crippen MR) is 79.7 cm³/mol. The van der Waals surface area contributed by atoms with Crippen LogP contribution >= 0.6 is 0 Å². The maximum atomic E-state index is 12.7. The Labute approximate surface area is 127 Å². The number of ether oxygens (including phenoxy) is 1. The average Bonchev–Trinajstić information content (AvgIpc) is 2.93. The molecule has 1 amide bonds. The summed E-state index contributed by atoms with van der Waals surface area (Å²) >= 11 is 0. The summed E-state index contributed by atoms with van der Waals surface area (Å²) in [4.78, 5) is 36.5. The van der Waals surface area contributed by atoms with Crippen molar-refractivity contribution < 1.29 is 9.53 Å². The lowest BCUT2D eigenvalue weighted by Gasteiger charge is -2.34. The van der Waals surface area contributed by atoms with Crippen molar-refractivity contribution in [2.45, 2.75) is 19.9 Å². The van der Waals surface area contributed by atoms with Gasteiger partial charge in [0.05, 0.1) is 13.2 Å². The minimum Gasteiger partial charge on any atom is -0.377 e. The Balaban J connectivity index is 1.93. The van der Waals surface area contributed by atoms with Gasteiger partial charge in [-0.05, 0) is 26.0 Å². The van der Waals surface area contributed by atoms with E-state index in [4.69, 9.17) is 4.74 Å². The Morgan fingerprint density at radius 1 is 1.32 bits per heavy atom. The number of aryl methyl sites for hydroxylation is 2. The van der Waals surface area contributed by atoms with Crippen molar-refractivity contribution in [1.82, 2.24) is 19.9 Å². The van der Waals surface area contributed by atoms with Gasteiger partial charge in [0.15, 0.2) is 0 Å². The Hall–Kier alpha value is -2.41. The number of nitrogens with zero attached hydrogens (tertiary/aromatic N) is 2. The van der Waals surface area contributed by atoms with Crippen molar-refractivity contribution in [1.29, 1.82) is 0 Å². The van der Waals surface area contributed by atoms with E-state index in [9.17, 15) is 9.59 Å². The molecular weight excluding hydrogens is 284 g/mol. The molecule has 0 spiro atoms. The normalized spacial score (nSPS) is 18.5. The van der Waals surface area contributed by atoms with Crippen LogP contribution in [0.15, 0.2) is 23.1 Å². The molecule has 0 aromatic carbocycles. The zero-order valence-corrected chi connectivity index (χ0v) is 12.5. The highest BCUT2D eigenvalue weighted by molar-refractivity contribution is 5.94. The van der Waals surface area contributed by atoms with E-state index < -0.39 is 0 Å². The predicted octanol–water partition coefficient (Wildman–Crippen LogP) is 0.929. The molecule has 1 aliphatic rings. The maximum Gasteiger partial charge on any atom is 0.260 e. The third-order valence-corrected chi connectivity index (χ3v) is 3.71. The first-order valence-corrected chi connectivity index (χ1v) is 7.16. The van der Waals surface area contributed by atoms with Crippen LogP contribution in [0.5, 0.6) is 0 Å². The number of morpholine rings is 1. The minimum atomic E-state index is -0.370. The fraction of sp³-hybridized carbons (Fsp3) is 0.400. The van der Waals surface area contributed by atoms with Gasteiger partial charge in [0.25, 0.3) is 11.5 Å². The topological polar surface area (TPSA) is 91.1 Å². The van der Waals surface area contributed by atoms with E-state index in [0.29, 0.717) is 25.6 Å². The molecule has 7 heteroatoms. The number of hydrogen-bond donors (Lipinski definition) is 2. The molecule has 2 N–H and O–H groups in total. The van der Waals surface area contributed by atoms with Gasteiger partial charge in [0.1, 0.15) is 17.4 Å². The van der Waals surface area contributed by atoms with Crippen LogP contribution < -0.4 is 5.56 Å². The Bertz CT molecular complexity index is 749.